The number of hydrogen-bond acceptors (Lipinski definition) is 6. The quantitative estimate of drug-likeness (QED) is 0.902. The van der Waals surface area contributed by atoms with E-state index in [1.165, 1.54) is 19.3 Å². The molecule has 0 unspecified atom stereocenters. The highest BCUT2D eigenvalue weighted by atomic mass is 15.3. The fourth-order valence-electron chi connectivity index (χ4n) is 2.37. The maximum absolute atomic E-state index is 4.36. The van der Waals surface area contributed by atoms with Gasteiger partial charge in [-0.3, -0.25) is 4.68 Å². The second-order valence-corrected chi connectivity index (χ2v) is 5.00. The third-order valence-electron chi connectivity index (χ3n) is 3.41. The Balaban J connectivity index is 1.64. The molecular weight excluding hydrogens is 254 g/mol. The molecule has 1 fully saturated rings. The molecule has 7 heteroatoms. The van der Waals surface area contributed by atoms with Crippen LogP contribution in [0.5, 0.6) is 0 Å². The van der Waals surface area contributed by atoms with Crippen LogP contribution in [0.4, 0.5) is 11.6 Å². The number of aryl methyl sites for hydroxylation is 1. The van der Waals surface area contributed by atoms with Gasteiger partial charge in [-0.15, -0.1) is 0 Å². The summed E-state index contributed by atoms with van der Waals surface area (Å²) in [6.45, 7) is 2.73. The maximum Gasteiger partial charge on any atom is 0.169 e. The second kappa shape index (κ2) is 5.85. The molecule has 106 valence electrons. The molecule has 2 aromatic heterocycles. The van der Waals surface area contributed by atoms with Crippen molar-refractivity contribution in [3.8, 4) is 0 Å². The van der Waals surface area contributed by atoms with Crippen LogP contribution in [-0.4, -0.2) is 37.8 Å². The number of piperidine rings is 1. The molecule has 0 aliphatic carbocycles. The molecule has 0 bridgehead atoms. The third kappa shape index (κ3) is 3.04. The molecule has 7 nitrogen and oxygen atoms in total. The zero-order valence-electron chi connectivity index (χ0n) is 11.7. The first-order valence-electron chi connectivity index (χ1n) is 6.96. The van der Waals surface area contributed by atoms with Gasteiger partial charge in [-0.25, -0.2) is 15.0 Å². The molecule has 0 amide bonds. The van der Waals surface area contributed by atoms with Gasteiger partial charge in [-0.2, -0.15) is 5.10 Å². The lowest BCUT2D eigenvalue weighted by Gasteiger charge is -2.27. The van der Waals surface area contributed by atoms with Crippen LogP contribution in [0.3, 0.4) is 0 Å². The topological polar surface area (TPSA) is 71.8 Å². The molecule has 3 rings (SSSR count). The summed E-state index contributed by atoms with van der Waals surface area (Å²) in [6.07, 6.45) is 7.10. The Hall–Kier alpha value is -2.18. The van der Waals surface area contributed by atoms with Crippen molar-refractivity contribution >= 4 is 11.6 Å². The van der Waals surface area contributed by atoms with E-state index in [0.717, 1.165) is 30.5 Å². The molecule has 1 N–H and O–H groups in total. The van der Waals surface area contributed by atoms with Gasteiger partial charge >= 0.3 is 0 Å². The van der Waals surface area contributed by atoms with Gasteiger partial charge < -0.3 is 10.2 Å². The Bertz CT molecular complexity index is 559. The average molecular weight is 273 g/mol. The molecule has 3 heterocycles. The summed E-state index contributed by atoms with van der Waals surface area (Å²) < 4.78 is 1.69. The predicted molar refractivity (Wildman–Crippen MR) is 76.4 cm³/mol. The molecule has 0 saturated carbocycles. The lowest BCUT2D eigenvalue weighted by atomic mass is 10.1. The highest BCUT2D eigenvalue weighted by Gasteiger charge is 2.12. The van der Waals surface area contributed by atoms with Crippen LogP contribution in [0.25, 0.3) is 0 Å². The summed E-state index contributed by atoms with van der Waals surface area (Å²) in [5.41, 5.74) is 0. The second-order valence-electron chi connectivity index (χ2n) is 5.00. The average Bonchev–Trinajstić information content (AvgIpc) is 2.92. The van der Waals surface area contributed by atoms with Gasteiger partial charge in [0, 0.05) is 26.2 Å². The zero-order valence-corrected chi connectivity index (χ0v) is 11.7. The van der Waals surface area contributed by atoms with Crippen molar-refractivity contribution in [2.45, 2.75) is 25.8 Å². The fraction of sp³-hybridized carbons (Fsp3) is 0.538. The molecule has 1 aliphatic heterocycles. The maximum atomic E-state index is 4.36. The third-order valence-corrected chi connectivity index (χ3v) is 3.41. The Labute approximate surface area is 118 Å². The minimum Gasteiger partial charge on any atom is -0.363 e. The van der Waals surface area contributed by atoms with Gasteiger partial charge in [0.1, 0.15) is 24.3 Å². The largest absolute Gasteiger partial charge is 0.363 e. The van der Waals surface area contributed by atoms with E-state index in [-0.39, 0.29) is 0 Å². The van der Waals surface area contributed by atoms with Crippen molar-refractivity contribution in [1.82, 2.24) is 24.7 Å². The monoisotopic (exact) mass is 273 g/mol. The lowest BCUT2D eigenvalue weighted by Crippen LogP contribution is -2.30. The molecule has 0 spiro atoms. The number of nitrogens with zero attached hydrogens (tertiary/aromatic N) is 6. The molecule has 0 atom stereocenters. The van der Waals surface area contributed by atoms with E-state index in [4.69, 9.17) is 0 Å². The van der Waals surface area contributed by atoms with Crippen molar-refractivity contribution in [2.24, 2.45) is 7.05 Å². The van der Waals surface area contributed by atoms with Crippen LogP contribution in [0.15, 0.2) is 18.7 Å². The van der Waals surface area contributed by atoms with E-state index in [1.54, 1.807) is 17.3 Å². The summed E-state index contributed by atoms with van der Waals surface area (Å²) >= 11 is 0. The van der Waals surface area contributed by atoms with E-state index < -0.39 is 0 Å². The van der Waals surface area contributed by atoms with Gasteiger partial charge in [-0.1, -0.05) is 0 Å². The van der Waals surface area contributed by atoms with Crippen LogP contribution in [-0.2, 0) is 13.6 Å². The first-order valence-corrected chi connectivity index (χ1v) is 6.96. The van der Waals surface area contributed by atoms with Crippen molar-refractivity contribution < 1.29 is 0 Å². The van der Waals surface area contributed by atoms with Crippen molar-refractivity contribution in [3.05, 3.63) is 24.5 Å². The van der Waals surface area contributed by atoms with Gasteiger partial charge in [-0.05, 0) is 19.3 Å². The molecular formula is C13H19N7. The highest BCUT2D eigenvalue weighted by Crippen LogP contribution is 2.19. The number of rotatable bonds is 4. The van der Waals surface area contributed by atoms with Crippen molar-refractivity contribution in [2.75, 3.05) is 23.3 Å². The van der Waals surface area contributed by atoms with Crippen LogP contribution in [0, 0.1) is 0 Å². The van der Waals surface area contributed by atoms with E-state index in [9.17, 15) is 0 Å². The summed E-state index contributed by atoms with van der Waals surface area (Å²) in [6, 6.07) is 1.99. The Morgan fingerprint density at radius 2 is 2.00 bits per heavy atom. The summed E-state index contributed by atoms with van der Waals surface area (Å²) in [5, 5.41) is 7.46. The summed E-state index contributed by atoms with van der Waals surface area (Å²) in [4.78, 5) is 15.1. The number of aromatic nitrogens is 5. The van der Waals surface area contributed by atoms with E-state index in [2.05, 4.69) is 30.3 Å². The van der Waals surface area contributed by atoms with E-state index in [0.29, 0.717) is 6.54 Å². The molecule has 0 aromatic carbocycles. The normalized spacial score (nSPS) is 15.3. The summed E-state index contributed by atoms with van der Waals surface area (Å²) in [5.74, 6) is 2.56. The Morgan fingerprint density at radius 3 is 2.75 bits per heavy atom. The van der Waals surface area contributed by atoms with Crippen LogP contribution < -0.4 is 10.2 Å². The van der Waals surface area contributed by atoms with Crippen molar-refractivity contribution in [3.63, 3.8) is 0 Å². The van der Waals surface area contributed by atoms with Crippen molar-refractivity contribution in [1.29, 1.82) is 0 Å². The highest BCUT2D eigenvalue weighted by molar-refractivity contribution is 5.48. The molecule has 0 radical (unpaired) electrons. The summed E-state index contributed by atoms with van der Waals surface area (Å²) in [7, 11) is 1.86. The zero-order chi connectivity index (χ0) is 13.8. The van der Waals surface area contributed by atoms with Crippen LogP contribution in [0.2, 0.25) is 0 Å². The van der Waals surface area contributed by atoms with E-state index in [1.807, 2.05) is 13.1 Å². The van der Waals surface area contributed by atoms with Crippen LogP contribution in [0.1, 0.15) is 25.1 Å². The fourth-order valence-corrected chi connectivity index (χ4v) is 2.37. The predicted octanol–water partition coefficient (Wildman–Crippen LogP) is 1.21. The molecule has 20 heavy (non-hydrogen) atoms. The van der Waals surface area contributed by atoms with Gasteiger partial charge in [0.15, 0.2) is 5.82 Å². The van der Waals surface area contributed by atoms with Gasteiger partial charge in [0.05, 0.1) is 6.54 Å². The Morgan fingerprint density at radius 1 is 1.15 bits per heavy atom. The molecule has 1 aliphatic rings. The lowest BCUT2D eigenvalue weighted by molar-refractivity contribution is 0.573. The standard InChI is InChI=1S/C13H19N7/c1-19-10-17-12(18-19)8-14-11-7-13(16-9-15-11)20-5-3-2-4-6-20/h7,9-10H,2-6,8H2,1H3,(H,14,15,16). The first kappa shape index (κ1) is 12.8. The molecule has 2 aromatic rings. The van der Waals surface area contributed by atoms with Gasteiger partial charge in [0.2, 0.25) is 0 Å². The number of anilines is 2. The number of nitrogens with one attached hydrogen (secondary N) is 1. The van der Waals surface area contributed by atoms with Gasteiger partial charge in [0.25, 0.3) is 0 Å². The van der Waals surface area contributed by atoms with E-state index >= 15 is 0 Å². The minimum atomic E-state index is 0.567. The van der Waals surface area contributed by atoms with Crippen LogP contribution >= 0.6 is 0 Å². The minimum absolute atomic E-state index is 0.567. The smallest absolute Gasteiger partial charge is 0.169 e. The Kier molecular flexibility index (Phi) is 3.76. The first-order chi connectivity index (χ1) is 9.81. The number of hydrogen-bond donors (Lipinski definition) is 1. The SMILES string of the molecule is Cn1cnc(CNc2cc(N3CCCCC3)ncn2)n1. The molecule has 1 saturated heterocycles.